The Bertz CT molecular complexity index is 960. The van der Waals surface area contributed by atoms with Gasteiger partial charge in [-0.25, -0.2) is 4.99 Å². The molecule has 2 aromatic heterocycles. The number of benzene rings is 1. The topological polar surface area (TPSA) is 70.0 Å². The molecular weight excluding hydrogens is 496 g/mol. The molecule has 0 spiro atoms. The van der Waals surface area contributed by atoms with Gasteiger partial charge in [-0.3, -0.25) is 4.68 Å². The van der Waals surface area contributed by atoms with Gasteiger partial charge < -0.3 is 15.6 Å². The van der Waals surface area contributed by atoms with E-state index in [4.69, 9.17) is 0 Å². The van der Waals surface area contributed by atoms with Gasteiger partial charge in [0.05, 0.1) is 6.54 Å². The molecule has 0 aliphatic rings. The number of aryl methyl sites for hydroxylation is 1. The second-order valence-electron chi connectivity index (χ2n) is 6.41. The molecule has 0 aliphatic carbocycles. The van der Waals surface area contributed by atoms with E-state index in [0.29, 0.717) is 19.0 Å². The van der Waals surface area contributed by atoms with Crippen LogP contribution >= 0.6 is 24.0 Å². The van der Waals surface area contributed by atoms with E-state index in [0.717, 1.165) is 22.0 Å². The lowest BCUT2D eigenvalue weighted by molar-refractivity contribution is -0.142. The van der Waals surface area contributed by atoms with Crippen molar-refractivity contribution < 1.29 is 13.2 Å². The molecule has 158 valence electrons. The number of aromatic amines is 1. The summed E-state index contributed by atoms with van der Waals surface area (Å²) in [5.74, 6) is 0.472. The highest BCUT2D eigenvalue weighted by Gasteiger charge is 2.36. The van der Waals surface area contributed by atoms with Crippen LogP contribution in [0.2, 0.25) is 0 Å². The molecule has 29 heavy (non-hydrogen) atoms. The molecule has 2 heterocycles. The quantitative estimate of drug-likeness (QED) is 0.263. The predicted octanol–water partition coefficient (Wildman–Crippen LogP) is 3.84. The Morgan fingerprint density at radius 2 is 1.97 bits per heavy atom. The molecule has 0 saturated carbocycles. The summed E-state index contributed by atoms with van der Waals surface area (Å²) in [7, 11) is 1.47. The minimum absolute atomic E-state index is 0. The van der Waals surface area contributed by atoms with Crippen molar-refractivity contribution in [3.8, 4) is 0 Å². The molecule has 1 aromatic carbocycles. The number of guanidine groups is 1. The van der Waals surface area contributed by atoms with Crippen LogP contribution in [0.15, 0.2) is 41.7 Å². The molecule has 0 bridgehead atoms. The summed E-state index contributed by atoms with van der Waals surface area (Å²) >= 11 is 0. The van der Waals surface area contributed by atoms with Crippen LogP contribution in [0.1, 0.15) is 23.7 Å². The molecule has 6 nitrogen and oxygen atoms in total. The Hall–Kier alpha value is -2.24. The largest absolute Gasteiger partial charge is 0.435 e. The number of rotatable bonds is 6. The summed E-state index contributed by atoms with van der Waals surface area (Å²) in [6.45, 7) is 3.01. The van der Waals surface area contributed by atoms with Crippen LogP contribution in [-0.2, 0) is 26.2 Å². The van der Waals surface area contributed by atoms with Gasteiger partial charge in [-0.15, -0.1) is 24.0 Å². The molecule has 3 N–H and O–H groups in total. The number of nitrogens with one attached hydrogen (secondary N) is 3. The van der Waals surface area contributed by atoms with Gasteiger partial charge >= 0.3 is 6.18 Å². The van der Waals surface area contributed by atoms with Gasteiger partial charge in [0.25, 0.3) is 0 Å². The predicted molar refractivity (Wildman–Crippen MR) is 118 cm³/mol. The highest BCUT2D eigenvalue weighted by molar-refractivity contribution is 14.0. The van der Waals surface area contributed by atoms with E-state index in [2.05, 4.69) is 31.8 Å². The van der Waals surface area contributed by atoms with Crippen molar-refractivity contribution in [2.45, 2.75) is 26.1 Å². The lowest BCUT2D eigenvalue weighted by Crippen LogP contribution is -2.38. The maximum atomic E-state index is 13.1. The number of aliphatic imine (C=N–C) groups is 1. The van der Waals surface area contributed by atoms with Gasteiger partial charge in [0.2, 0.25) is 0 Å². The zero-order chi connectivity index (χ0) is 20.1. The molecule has 0 amide bonds. The zero-order valence-corrected chi connectivity index (χ0v) is 18.5. The standard InChI is InChI=1S/C19H23F3N6.HI/c1-3-23-18(26-11-14-12-28(2)27-17(14)19(20,21)22)24-9-8-13-10-25-16-7-5-4-6-15(13)16;/h4-7,10,12,25H,3,8-9,11H2,1-2H3,(H2,23,24,26);1H. The van der Waals surface area contributed by atoms with Gasteiger partial charge in [-0.1, -0.05) is 18.2 Å². The first-order valence-corrected chi connectivity index (χ1v) is 9.05. The normalized spacial score (nSPS) is 12.1. The van der Waals surface area contributed by atoms with Crippen molar-refractivity contribution in [2.75, 3.05) is 13.1 Å². The summed E-state index contributed by atoms with van der Waals surface area (Å²) in [5, 5.41) is 10.9. The van der Waals surface area contributed by atoms with Gasteiger partial charge in [0, 0.05) is 49.0 Å². The minimum Gasteiger partial charge on any atom is -0.361 e. The van der Waals surface area contributed by atoms with Crippen LogP contribution in [0.25, 0.3) is 10.9 Å². The summed E-state index contributed by atoms with van der Waals surface area (Å²) in [4.78, 5) is 7.52. The van der Waals surface area contributed by atoms with Crippen molar-refractivity contribution in [3.63, 3.8) is 0 Å². The molecule has 0 atom stereocenters. The van der Waals surface area contributed by atoms with Crippen LogP contribution in [0.3, 0.4) is 0 Å². The second kappa shape index (κ2) is 9.99. The Kier molecular flexibility index (Phi) is 7.94. The number of para-hydroxylation sites is 1. The molecule has 0 radical (unpaired) electrons. The number of hydrogen-bond acceptors (Lipinski definition) is 2. The van der Waals surface area contributed by atoms with Crippen molar-refractivity contribution in [1.29, 1.82) is 0 Å². The second-order valence-corrected chi connectivity index (χ2v) is 6.41. The fourth-order valence-corrected chi connectivity index (χ4v) is 3.05. The summed E-state index contributed by atoms with van der Waals surface area (Å²) in [6.07, 6.45) is -0.411. The lowest BCUT2D eigenvalue weighted by Gasteiger charge is -2.11. The third kappa shape index (κ3) is 5.87. The maximum Gasteiger partial charge on any atom is 0.435 e. The van der Waals surface area contributed by atoms with E-state index >= 15 is 0 Å². The third-order valence-electron chi connectivity index (χ3n) is 4.29. The van der Waals surface area contributed by atoms with Crippen molar-refractivity contribution >= 4 is 40.8 Å². The molecule has 10 heteroatoms. The first-order valence-electron chi connectivity index (χ1n) is 9.05. The van der Waals surface area contributed by atoms with Crippen molar-refractivity contribution in [1.82, 2.24) is 25.4 Å². The fraction of sp³-hybridized carbons (Fsp3) is 0.368. The summed E-state index contributed by atoms with van der Waals surface area (Å²) < 4.78 is 40.3. The molecule has 0 fully saturated rings. The minimum atomic E-state index is -4.49. The number of H-pyrrole nitrogens is 1. The van der Waals surface area contributed by atoms with Crippen molar-refractivity contribution in [2.24, 2.45) is 12.0 Å². The van der Waals surface area contributed by atoms with Crippen LogP contribution in [0.4, 0.5) is 13.2 Å². The molecule has 0 aliphatic heterocycles. The molecule has 0 saturated heterocycles. The molecular formula is C19H24F3IN6. The molecule has 3 aromatic rings. The van der Waals surface area contributed by atoms with Crippen LogP contribution < -0.4 is 10.6 Å². The van der Waals surface area contributed by atoms with E-state index in [9.17, 15) is 13.2 Å². The lowest BCUT2D eigenvalue weighted by atomic mass is 10.1. The monoisotopic (exact) mass is 520 g/mol. The van der Waals surface area contributed by atoms with Crippen LogP contribution in [0, 0.1) is 0 Å². The van der Waals surface area contributed by atoms with Gasteiger partial charge in [-0.05, 0) is 25.0 Å². The molecule has 0 unspecified atom stereocenters. The number of aromatic nitrogens is 3. The average Bonchev–Trinajstić information content (AvgIpc) is 3.23. The van der Waals surface area contributed by atoms with Crippen LogP contribution in [0.5, 0.6) is 0 Å². The highest BCUT2D eigenvalue weighted by Crippen LogP contribution is 2.30. The summed E-state index contributed by atoms with van der Waals surface area (Å²) in [6, 6.07) is 8.04. The van der Waals surface area contributed by atoms with Crippen molar-refractivity contribution in [3.05, 3.63) is 53.5 Å². The SMILES string of the molecule is CCNC(=NCc1cn(C)nc1C(F)(F)F)NCCc1c[nH]c2ccccc12.I. The third-order valence-corrected chi connectivity index (χ3v) is 4.29. The summed E-state index contributed by atoms with van der Waals surface area (Å²) in [5.41, 5.74) is 1.40. The van der Waals surface area contributed by atoms with Gasteiger partial charge in [0.15, 0.2) is 11.7 Å². The zero-order valence-electron chi connectivity index (χ0n) is 16.2. The maximum absolute atomic E-state index is 13.1. The Balaban J connectivity index is 0.00000300. The fourth-order valence-electron chi connectivity index (χ4n) is 3.05. The van der Waals surface area contributed by atoms with Gasteiger partial charge in [-0.2, -0.15) is 18.3 Å². The number of fused-ring (bicyclic) bond motifs is 1. The van der Waals surface area contributed by atoms with E-state index in [1.807, 2.05) is 31.3 Å². The van der Waals surface area contributed by atoms with E-state index in [1.165, 1.54) is 18.8 Å². The Labute approximate surface area is 184 Å². The number of halogens is 4. The first kappa shape index (κ1) is 23.0. The van der Waals surface area contributed by atoms with Gasteiger partial charge in [0.1, 0.15) is 0 Å². The van der Waals surface area contributed by atoms with E-state index < -0.39 is 11.9 Å². The number of alkyl halides is 3. The van der Waals surface area contributed by atoms with E-state index in [1.54, 1.807) is 0 Å². The first-order chi connectivity index (χ1) is 13.4. The molecule has 3 rings (SSSR count). The number of hydrogen-bond donors (Lipinski definition) is 3. The van der Waals surface area contributed by atoms with E-state index in [-0.39, 0.29) is 36.1 Å². The average molecular weight is 520 g/mol. The smallest absolute Gasteiger partial charge is 0.361 e. The Morgan fingerprint density at radius 1 is 1.21 bits per heavy atom. The Morgan fingerprint density at radius 3 is 2.69 bits per heavy atom. The number of nitrogens with zero attached hydrogens (tertiary/aromatic N) is 3. The highest BCUT2D eigenvalue weighted by atomic mass is 127. The van der Waals surface area contributed by atoms with Crippen LogP contribution in [-0.4, -0.2) is 33.8 Å².